The van der Waals surface area contributed by atoms with Crippen LogP contribution in [0.15, 0.2) is 12.1 Å². The highest BCUT2D eigenvalue weighted by Gasteiger charge is 2.35. The highest BCUT2D eigenvalue weighted by molar-refractivity contribution is 5.77. The highest BCUT2D eigenvalue weighted by atomic mass is 19.3. The lowest BCUT2D eigenvalue weighted by atomic mass is 10.0. The van der Waals surface area contributed by atoms with Crippen LogP contribution in [0.4, 0.5) is 13.6 Å². The number of ether oxygens (including phenoxy) is 1. The molecule has 1 atom stereocenters. The first-order chi connectivity index (χ1) is 10.9. The zero-order valence-corrected chi connectivity index (χ0v) is 13.3. The van der Waals surface area contributed by atoms with E-state index in [-0.39, 0.29) is 17.8 Å². The Morgan fingerprint density at radius 1 is 1.30 bits per heavy atom. The number of hydrogen-bond acceptors (Lipinski definition) is 3. The summed E-state index contributed by atoms with van der Waals surface area (Å²) in [4.78, 5) is 15.6. The van der Waals surface area contributed by atoms with Gasteiger partial charge in [0.1, 0.15) is 5.75 Å². The Bertz CT molecular complexity index is 609. The third-order valence-electron chi connectivity index (χ3n) is 4.60. The van der Waals surface area contributed by atoms with Crippen LogP contribution in [-0.2, 0) is 6.54 Å². The van der Waals surface area contributed by atoms with Crippen LogP contribution in [0.5, 0.6) is 5.75 Å². The fraction of sp³-hybridized carbons (Fsp3) is 0.562. The number of carbonyl (C=O) groups is 1. The average molecular weight is 325 g/mol. The molecule has 0 radical (unpaired) electrons. The fourth-order valence-corrected chi connectivity index (χ4v) is 3.23. The zero-order chi connectivity index (χ0) is 16.6. The van der Waals surface area contributed by atoms with Crippen LogP contribution >= 0.6 is 0 Å². The van der Waals surface area contributed by atoms with E-state index >= 15 is 0 Å². The van der Waals surface area contributed by atoms with Crippen molar-refractivity contribution in [1.29, 1.82) is 0 Å². The molecule has 0 aliphatic carbocycles. The topological polar surface area (TPSA) is 44.8 Å². The molecular formula is C16H21F2N3O2. The molecule has 5 nitrogen and oxygen atoms in total. The van der Waals surface area contributed by atoms with Crippen molar-refractivity contribution in [3.8, 4) is 5.75 Å². The number of benzene rings is 1. The number of halogens is 2. The van der Waals surface area contributed by atoms with E-state index in [9.17, 15) is 13.6 Å². The van der Waals surface area contributed by atoms with Gasteiger partial charge in [-0.05, 0) is 31.0 Å². The van der Waals surface area contributed by atoms with E-state index in [0.717, 1.165) is 29.8 Å². The van der Waals surface area contributed by atoms with Crippen molar-refractivity contribution in [3.63, 3.8) is 0 Å². The van der Waals surface area contributed by atoms with Gasteiger partial charge in [0.25, 0.3) is 0 Å². The maximum absolute atomic E-state index is 12.6. The second kappa shape index (κ2) is 6.31. The lowest BCUT2D eigenvalue weighted by molar-refractivity contribution is -0.0509. The van der Waals surface area contributed by atoms with Gasteiger partial charge in [-0.3, -0.25) is 4.90 Å². The van der Waals surface area contributed by atoms with Crippen molar-refractivity contribution < 1.29 is 18.3 Å². The van der Waals surface area contributed by atoms with E-state index in [4.69, 9.17) is 0 Å². The lowest BCUT2D eigenvalue weighted by Crippen LogP contribution is -2.51. The summed E-state index contributed by atoms with van der Waals surface area (Å²) in [6.45, 7) is 4.32. The van der Waals surface area contributed by atoms with Gasteiger partial charge in [-0.25, -0.2) is 4.79 Å². The molecule has 126 valence electrons. The molecule has 1 aromatic carbocycles. The van der Waals surface area contributed by atoms with Crippen LogP contribution in [0.2, 0.25) is 0 Å². The fourth-order valence-electron chi connectivity index (χ4n) is 3.23. The molecule has 0 unspecified atom stereocenters. The molecule has 0 saturated carbocycles. The molecule has 0 bridgehead atoms. The van der Waals surface area contributed by atoms with Gasteiger partial charge in [0.15, 0.2) is 0 Å². The van der Waals surface area contributed by atoms with Gasteiger partial charge in [-0.1, -0.05) is 6.07 Å². The van der Waals surface area contributed by atoms with Gasteiger partial charge < -0.3 is 15.0 Å². The Morgan fingerprint density at radius 3 is 2.78 bits per heavy atom. The first-order valence-electron chi connectivity index (χ1n) is 7.76. The average Bonchev–Trinajstić information content (AvgIpc) is 2.85. The van der Waals surface area contributed by atoms with Crippen molar-refractivity contribution in [3.05, 3.63) is 28.8 Å². The van der Waals surface area contributed by atoms with Gasteiger partial charge in [0.05, 0.1) is 6.04 Å². The molecule has 2 amide bonds. The number of amides is 2. The van der Waals surface area contributed by atoms with Crippen molar-refractivity contribution in [1.82, 2.24) is 15.1 Å². The quantitative estimate of drug-likeness (QED) is 0.922. The summed E-state index contributed by atoms with van der Waals surface area (Å²) in [5.74, 6) is 0.242. The molecule has 2 heterocycles. The number of urea groups is 1. The minimum Gasteiger partial charge on any atom is -0.434 e. The molecule has 2 aliphatic rings. The Balaban J connectivity index is 1.74. The van der Waals surface area contributed by atoms with Crippen LogP contribution in [0.25, 0.3) is 0 Å². The molecule has 2 aliphatic heterocycles. The Morgan fingerprint density at radius 2 is 2.04 bits per heavy atom. The maximum Gasteiger partial charge on any atom is 0.387 e. The molecule has 1 N–H and O–H groups in total. The second-order valence-corrected chi connectivity index (χ2v) is 6.19. The number of alkyl halides is 2. The molecular weight excluding hydrogens is 304 g/mol. The highest BCUT2D eigenvalue weighted by Crippen LogP contribution is 2.27. The van der Waals surface area contributed by atoms with E-state index in [0.29, 0.717) is 19.6 Å². The van der Waals surface area contributed by atoms with Gasteiger partial charge in [0.2, 0.25) is 0 Å². The van der Waals surface area contributed by atoms with Gasteiger partial charge in [-0.15, -0.1) is 0 Å². The van der Waals surface area contributed by atoms with Crippen molar-refractivity contribution in [2.24, 2.45) is 0 Å². The lowest BCUT2D eigenvalue weighted by Gasteiger charge is -2.36. The molecule has 3 rings (SSSR count). The van der Waals surface area contributed by atoms with E-state index in [1.807, 2.05) is 24.8 Å². The first kappa shape index (κ1) is 16.0. The SMILES string of the molecule is Cc1cc(CN2CCN3C(=O)NC[C@H]3C2)c(OC(F)F)cc1C. The maximum atomic E-state index is 12.6. The summed E-state index contributed by atoms with van der Waals surface area (Å²) in [6, 6.07) is 3.73. The summed E-state index contributed by atoms with van der Waals surface area (Å²) >= 11 is 0. The summed E-state index contributed by atoms with van der Waals surface area (Å²) in [7, 11) is 0. The third kappa shape index (κ3) is 3.39. The second-order valence-electron chi connectivity index (χ2n) is 6.19. The predicted octanol–water partition coefficient (Wildman–Crippen LogP) is 2.11. The molecule has 23 heavy (non-hydrogen) atoms. The van der Waals surface area contributed by atoms with Crippen LogP contribution < -0.4 is 10.1 Å². The minimum absolute atomic E-state index is 0.0115. The van der Waals surface area contributed by atoms with Gasteiger partial charge in [-0.2, -0.15) is 8.78 Å². The van der Waals surface area contributed by atoms with Gasteiger partial charge >= 0.3 is 12.6 Å². The van der Waals surface area contributed by atoms with Crippen LogP contribution in [0, 0.1) is 13.8 Å². The molecule has 1 aromatic rings. The molecule has 2 saturated heterocycles. The number of hydrogen-bond donors (Lipinski definition) is 1. The predicted molar refractivity (Wildman–Crippen MR) is 81.7 cm³/mol. The molecule has 7 heteroatoms. The Hall–Kier alpha value is -1.89. The van der Waals surface area contributed by atoms with Crippen molar-refractivity contribution >= 4 is 6.03 Å². The molecule has 2 fully saturated rings. The summed E-state index contributed by atoms with van der Waals surface area (Å²) in [6.07, 6.45) is 0. The van der Waals surface area contributed by atoms with Crippen LogP contribution in [-0.4, -0.2) is 54.7 Å². The number of fused-ring (bicyclic) bond motifs is 1. The Labute approximate surface area is 134 Å². The van der Waals surface area contributed by atoms with Crippen LogP contribution in [0.3, 0.4) is 0 Å². The number of piperazine rings is 1. The van der Waals surface area contributed by atoms with E-state index < -0.39 is 6.61 Å². The van der Waals surface area contributed by atoms with E-state index in [1.165, 1.54) is 0 Å². The normalized spacial score (nSPS) is 21.5. The first-order valence-corrected chi connectivity index (χ1v) is 7.76. The monoisotopic (exact) mass is 325 g/mol. The number of carbonyl (C=O) groups excluding carboxylic acids is 1. The van der Waals surface area contributed by atoms with E-state index in [1.54, 1.807) is 6.07 Å². The van der Waals surface area contributed by atoms with Crippen molar-refractivity contribution in [2.75, 3.05) is 26.2 Å². The van der Waals surface area contributed by atoms with Gasteiger partial charge in [0, 0.05) is 38.3 Å². The van der Waals surface area contributed by atoms with Crippen molar-refractivity contribution in [2.45, 2.75) is 33.0 Å². The Kier molecular flexibility index (Phi) is 4.39. The molecule has 0 spiro atoms. The number of aryl methyl sites for hydroxylation is 2. The summed E-state index contributed by atoms with van der Waals surface area (Å²) in [5, 5.41) is 2.84. The molecule has 0 aromatic heterocycles. The summed E-state index contributed by atoms with van der Waals surface area (Å²) in [5.41, 5.74) is 2.75. The van der Waals surface area contributed by atoms with Crippen LogP contribution in [0.1, 0.15) is 16.7 Å². The minimum atomic E-state index is -2.83. The zero-order valence-electron chi connectivity index (χ0n) is 13.3. The number of rotatable bonds is 4. The number of nitrogens with one attached hydrogen (secondary N) is 1. The van der Waals surface area contributed by atoms with E-state index in [2.05, 4.69) is 15.0 Å². The summed E-state index contributed by atoms with van der Waals surface area (Å²) < 4.78 is 30.0. The largest absolute Gasteiger partial charge is 0.434 e. The standard InChI is InChI=1S/C16H21F2N3O2/c1-10-5-12(14(6-11(10)2)23-15(17)18)8-20-3-4-21-13(9-20)7-19-16(21)22/h5-6,13,15H,3-4,7-9H2,1-2H3,(H,19,22)/t13-/m0/s1. The smallest absolute Gasteiger partial charge is 0.387 e. The number of nitrogens with zero attached hydrogens (tertiary/aromatic N) is 2. The third-order valence-corrected chi connectivity index (χ3v) is 4.60.